The minimum Gasteiger partial charge on any atom is -0.381 e. The van der Waals surface area contributed by atoms with Crippen molar-refractivity contribution < 1.29 is 14.3 Å². The lowest BCUT2D eigenvalue weighted by molar-refractivity contribution is -0.0118. The van der Waals surface area contributed by atoms with Gasteiger partial charge < -0.3 is 14.4 Å². The molecule has 0 N–H and O–H groups in total. The van der Waals surface area contributed by atoms with Crippen molar-refractivity contribution in [3.63, 3.8) is 0 Å². The van der Waals surface area contributed by atoms with Crippen molar-refractivity contribution in [2.24, 2.45) is 5.92 Å². The summed E-state index contributed by atoms with van der Waals surface area (Å²) in [5, 5.41) is 0. The van der Waals surface area contributed by atoms with Gasteiger partial charge in [-0.3, -0.25) is 4.79 Å². The van der Waals surface area contributed by atoms with E-state index in [0.717, 1.165) is 69.2 Å². The summed E-state index contributed by atoms with van der Waals surface area (Å²) in [6, 6.07) is 2.15. The molecule has 1 aromatic rings. The van der Waals surface area contributed by atoms with Crippen LogP contribution >= 0.6 is 23.1 Å². The fourth-order valence-electron chi connectivity index (χ4n) is 4.70. The van der Waals surface area contributed by atoms with E-state index in [1.807, 2.05) is 11.8 Å². The highest BCUT2D eigenvalue weighted by Crippen LogP contribution is 2.47. The number of hydrogen-bond donors (Lipinski definition) is 0. The Morgan fingerprint density at radius 2 is 2.15 bits per heavy atom. The monoisotopic (exact) mass is 393 g/mol. The average molecular weight is 394 g/mol. The highest BCUT2D eigenvalue weighted by molar-refractivity contribution is 8.01. The summed E-state index contributed by atoms with van der Waals surface area (Å²) in [4.78, 5) is 17.2. The average Bonchev–Trinajstić information content (AvgIpc) is 3.33. The van der Waals surface area contributed by atoms with Crippen LogP contribution in [0.4, 0.5) is 0 Å². The Bertz CT molecular complexity index is 655. The van der Waals surface area contributed by atoms with E-state index in [2.05, 4.69) is 11.0 Å². The smallest absolute Gasteiger partial charge is 0.264 e. The summed E-state index contributed by atoms with van der Waals surface area (Å²) in [6.45, 7) is 4.46. The van der Waals surface area contributed by atoms with Gasteiger partial charge in [-0.2, -0.15) is 0 Å². The van der Waals surface area contributed by atoms with Crippen molar-refractivity contribution in [3.05, 3.63) is 21.4 Å². The summed E-state index contributed by atoms with van der Waals surface area (Å²) >= 11 is 3.76. The molecule has 6 heteroatoms. The van der Waals surface area contributed by atoms with E-state index in [1.54, 1.807) is 11.3 Å². The quantitative estimate of drug-likeness (QED) is 0.786. The molecular formula is C20H27NO3S2. The molecule has 4 aliphatic rings. The van der Waals surface area contributed by atoms with Gasteiger partial charge in [0.05, 0.1) is 15.7 Å². The predicted octanol–water partition coefficient (Wildman–Crippen LogP) is 3.38. The first kappa shape index (κ1) is 17.5. The van der Waals surface area contributed by atoms with Crippen molar-refractivity contribution in [1.82, 2.24) is 4.90 Å². The molecule has 1 spiro atoms. The minimum absolute atomic E-state index is 0.252. The molecule has 0 radical (unpaired) electrons. The van der Waals surface area contributed by atoms with Crippen LogP contribution in [0, 0.1) is 5.92 Å². The Kier molecular flexibility index (Phi) is 4.80. The molecule has 1 aliphatic carbocycles. The summed E-state index contributed by atoms with van der Waals surface area (Å²) in [7, 11) is 0. The van der Waals surface area contributed by atoms with Crippen molar-refractivity contribution in [2.75, 3.05) is 38.7 Å². The van der Waals surface area contributed by atoms with Gasteiger partial charge in [0.25, 0.3) is 5.91 Å². The molecular weight excluding hydrogens is 366 g/mol. The van der Waals surface area contributed by atoms with Crippen molar-refractivity contribution in [2.45, 2.75) is 49.4 Å². The number of amides is 1. The zero-order valence-corrected chi connectivity index (χ0v) is 16.8. The van der Waals surface area contributed by atoms with E-state index in [1.165, 1.54) is 23.3 Å². The van der Waals surface area contributed by atoms with Crippen LogP contribution in [0.1, 0.15) is 45.8 Å². The number of carbonyl (C=O) groups is 1. The predicted molar refractivity (Wildman–Crippen MR) is 105 cm³/mol. The zero-order chi connectivity index (χ0) is 17.6. The highest BCUT2D eigenvalue weighted by atomic mass is 32.2. The van der Waals surface area contributed by atoms with Gasteiger partial charge in [0, 0.05) is 43.5 Å². The summed E-state index contributed by atoms with van der Waals surface area (Å²) < 4.78 is 11.9. The Labute approximate surface area is 163 Å². The molecule has 1 atom stereocenters. The van der Waals surface area contributed by atoms with Crippen LogP contribution in [0.3, 0.4) is 0 Å². The molecule has 142 valence electrons. The summed E-state index contributed by atoms with van der Waals surface area (Å²) in [6.07, 6.45) is 7.33. The van der Waals surface area contributed by atoms with Crippen molar-refractivity contribution >= 4 is 29.0 Å². The van der Waals surface area contributed by atoms with E-state index in [-0.39, 0.29) is 10.7 Å². The van der Waals surface area contributed by atoms with Gasteiger partial charge >= 0.3 is 0 Å². The van der Waals surface area contributed by atoms with Crippen molar-refractivity contribution in [1.29, 1.82) is 0 Å². The number of ether oxygens (including phenoxy) is 2. The molecule has 26 heavy (non-hydrogen) atoms. The fraction of sp³-hybridized carbons (Fsp3) is 0.750. The van der Waals surface area contributed by atoms with Crippen LogP contribution in [-0.4, -0.2) is 60.3 Å². The van der Waals surface area contributed by atoms with Crippen LogP contribution in [0.25, 0.3) is 0 Å². The van der Waals surface area contributed by atoms with Crippen LogP contribution in [0.5, 0.6) is 0 Å². The molecule has 3 aliphatic heterocycles. The first-order valence-electron chi connectivity index (χ1n) is 9.95. The third kappa shape index (κ3) is 3.34. The molecule has 0 saturated carbocycles. The van der Waals surface area contributed by atoms with E-state index < -0.39 is 0 Å². The van der Waals surface area contributed by atoms with Crippen LogP contribution in [-0.2, 0) is 22.3 Å². The highest BCUT2D eigenvalue weighted by Gasteiger charge is 2.51. The van der Waals surface area contributed by atoms with E-state index in [9.17, 15) is 4.79 Å². The number of carbonyl (C=O) groups excluding carboxylic acids is 1. The molecule has 3 saturated heterocycles. The SMILES string of the molecule is O=C(c1cc2c(s1)CCC2)N1CC2(C[C@@H](OCC3CCOCC3)CS2)C1. The maximum Gasteiger partial charge on any atom is 0.264 e. The molecule has 4 nitrogen and oxygen atoms in total. The van der Waals surface area contributed by atoms with E-state index in [4.69, 9.17) is 9.47 Å². The number of fused-ring (bicyclic) bond motifs is 1. The topological polar surface area (TPSA) is 38.8 Å². The zero-order valence-electron chi connectivity index (χ0n) is 15.2. The Hall–Kier alpha value is -0.560. The molecule has 1 amide bonds. The van der Waals surface area contributed by atoms with Crippen LogP contribution in [0.15, 0.2) is 6.07 Å². The first-order chi connectivity index (χ1) is 12.7. The van der Waals surface area contributed by atoms with Gasteiger partial charge in [0.1, 0.15) is 0 Å². The van der Waals surface area contributed by atoms with Crippen LogP contribution < -0.4 is 0 Å². The van der Waals surface area contributed by atoms with E-state index in [0.29, 0.717) is 12.0 Å². The number of aryl methyl sites for hydroxylation is 2. The third-order valence-corrected chi connectivity index (χ3v) is 9.09. The maximum atomic E-state index is 12.8. The lowest BCUT2D eigenvalue weighted by Gasteiger charge is -2.47. The number of likely N-dealkylation sites (tertiary alicyclic amines) is 1. The number of thioether (sulfide) groups is 1. The molecule has 3 fully saturated rings. The standard InChI is InChI=1S/C20H27NO3S2/c22-19(18-8-15-2-1-3-17(15)26-18)21-12-20(13-21)9-16(11-25-20)24-10-14-4-6-23-7-5-14/h8,14,16H,1-7,9-13H2/t16-/m1/s1. The molecule has 4 heterocycles. The third-order valence-electron chi connectivity index (χ3n) is 6.29. The largest absolute Gasteiger partial charge is 0.381 e. The second kappa shape index (κ2) is 7.12. The second-order valence-electron chi connectivity index (χ2n) is 8.28. The Balaban J connectivity index is 1.11. The maximum absolute atomic E-state index is 12.8. The number of thiophene rings is 1. The van der Waals surface area contributed by atoms with Gasteiger partial charge in [-0.1, -0.05) is 0 Å². The Morgan fingerprint density at radius 1 is 1.31 bits per heavy atom. The lowest BCUT2D eigenvalue weighted by Crippen LogP contribution is -2.60. The molecule has 0 aromatic carbocycles. The van der Waals surface area contributed by atoms with Gasteiger partial charge in [0.2, 0.25) is 0 Å². The van der Waals surface area contributed by atoms with Gasteiger partial charge in [0.15, 0.2) is 0 Å². The number of hydrogen-bond acceptors (Lipinski definition) is 5. The minimum atomic E-state index is 0.252. The van der Waals surface area contributed by atoms with Gasteiger partial charge in [-0.15, -0.1) is 23.1 Å². The number of rotatable bonds is 4. The lowest BCUT2D eigenvalue weighted by atomic mass is 9.92. The summed E-state index contributed by atoms with van der Waals surface area (Å²) in [5.41, 5.74) is 1.42. The molecule has 0 bridgehead atoms. The summed E-state index contributed by atoms with van der Waals surface area (Å²) in [5.74, 6) is 2.01. The fourth-order valence-corrected chi connectivity index (χ4v) is 7.47. The normalized spacial score (nSPS) is 27.7. The van der Waals surface area contributed by atoms with Crippen LogP contribution in [0.2, 0.25) is 0 Å². The Morgan fingerprint density at radius 3 is 2.96 bits per heavy atom. The molecule has 5 rings (SSSR count). The van der Waals surface area contributed by atoms with Gasteiger partial charge in [-0.05, 0) is 56.1 Å². The molecule has 1 aromatic heterocycles. The van der Waals surface area contributed by atoms with Crippen molar-refractivity contribution in [3.8, 4) is 0 Å². The van der Waals surface area contributed by atoms with E-state index >= 15 is 0 Å². The second-order valence-corrected chi connectivity index (χ2v) is 10.9. The first-order valence-corrected chi connectivity index (χ1v) is 11.8. The van der Waals surface area contributed by atoms with Gasteiger partial charge in [-0.25, -0.2) is 0 Å². The number of nitrogens with zero attached hydrogens (tertiary/aromatic N) is 1. The molecule has 0 unspecified atom stereocenters.